The van der Waals surface area contributed by atoms with Crippen LogP contribution in [-0.2, 0) is 6.54 Å². The maximum absolute atomic E-state index is 5.88. The molecule has 19 heavy (non-hydrogen) atoms. The third-order valence-electron chi connectivity index (χ3n) is 4.29. The molecule has 0 atom stereocenters. The smallest absolute Gasteiger partial charge is 0.0438 e. The van der Waals surface area contributed by atoms with Crippen molar-refractivity contribution in [1.82, 2.24) is 4.90 Å². The molecule has 106 valence electrons. The summed E-state index contributed by atoms with van der Waals surface area (Å²) in [6, 6.07) is 6.43. The predicted octanol–water partition coefficient (Wildman–Crippen LogP) is 2.23. The van der Waals surface area contributed by atoms with Gasteiger partial charge in [-0.1, -0.05) is 18.2 Å². The van der Waals surface area contributed by atoms with Gasteiger partial charge in [-0.2, -0.15) is 0 Å². The molecule has 0 amide bonds. The van der Waals surface area contributed by atoms with Gasteiger partial charge in [-0.05, 0) is 56.9 Å². The van der Waals surface area contributed by atoms with Gasteiger partial charge in [-0.25, -0.2) is 0 Å². The number of para-hydroxylation sites is 1. The number of anilines is 1. The zero-order chi connectivity index (χ0) is 13.8. The highest BCUT2D eigenvalue weighted by molar-refractivity contribution is 5.58. The fourth-order valence-corrected chi connectivity index (χ4v) is 3.15. The van der Waals surface area contributed by atoms with E-state index in [1.807, 2.05) is 0 Å². The summed E-state index contributed by atoms with van der Waals surface area (Å²) in [6.45, 7) is 6.41. The molecule has 1 heterocycles. The second-order valence-electron chi connectivity index (χ2n) is 5.91. The van der Waals surface area contributed by atoms with Gasteiger partial charge in [0.15, 0.2) is 0 Å². The lowest BCUT2D eigenvalue weighted by Gasteiger charge is -2.33. The Labute approximate surface area is 117 Å². The lowest BCUT2D eigenvalue weighted by Crippen LogP contribution is -2.36. The molecule has 3 heteroatoms. The fourth-order valence-electron chi connectivity index (χ4n) is 3.15. The van der Waals surface area contributed by atoms with E-state index in [4.69, 9.17) is 5.73 Å². The van der Waals surface area contributed by atoms with Gasteiger partial charge < -0.3 is 15.5 Å². The highest BCUT2D eigenvalue weighted by atomic mass is 15.1. The summed E-state index contributed by atoms with van der Waals surface area (Å²) in [5.74, 6) is 0.812. The number of aryl methyl sites for hydroxylation is 1. The Hall–Kier alpha value is -1.06. The molecule has 2 rings (SSSR count). The van der Waals surface area contributed by atoms with Crippen LogP contribution in [0.4, 0.5) is 5.69 Å². The molecule has 1 aliphatic rings. The molecule has 0 unspecified atom stereocenters. The largest absolute Gasteiger partial charge is 0.374 e. The first-order valence-corrected chi connectivity index (χ1v) is 7.30. The molecule has 0 aromatic heterocycles. The number of hydrogen-bond donors (Lipinski definition) is 1. The van der Waals surface area contributed by atoms with Crippen molar-refractivity contribution in [3.63, 3.8) is 0 Å². The van der Waals surface area contributed by atoms with Crippen molar-refractivity contribution in [1.29, 1.82) is 0 Å². The van der Waals surface area contributed by atoms with Gasteiger partial charge in [0.25, 0.3) is 0 Å². The van der Waals surface area contributed by atoms with E-state index in [9.17, 15) is 0 Å². The number of hydrogen-bond acceptors (Lipinski definition) is 3. The molecule has 1 aromatic carbocycles. The van der Waals surface area contributed by atoms with Gasteiger partial charge in [-0.15, -0.1) is 0 Å². The van der Waals surface area contributed by atoms with Crippen LogP contribution in [0.15, 0.2) is 18.2 Å². The molecule has 0 bridgehead atoms. The highest BCUT2D eigenvalue weighted by Crippen LogP contribution is 2.26. The van der Waals surface area contributed by atoms with Crippen LogP contribution in [0.2, 0.25) is 0 Å². The van der Waals surface area contributed by atoms with Crippen LogP contribution in [-0.4, -0.2) is 38.6 Å². The lowest BCUT2D eigenvalue weighted by atomic mass is 9.96. The van der Waals surface area contributed by atoms with Gasteiger partial charge in [0, 0.05) is 25.8 Å². The molecule has 2 N–H and O–H groups in total. The van der Waals surface area contributed by atoms with Crippen molar-refractivity contribution in [3.8, 4) is 0 Å². The van der Waals surface area contributed by atoms with Crippen LogP contribution in [0.5, 0.6) is 0 Å². The third kappa shape index (κ3) is 3.48. The minimum atomic E-state index is 0.620. The topological polar surface area (TPSA) is 32.5 Å². The van der Waals surface area contributed by atoms with Crippen LogP contribution in [0.3, 0.4) is 0 Å². The summed E-state index contributed by atoms with van der Waals surface area (Å²) in [4.78, 5) is 4.84. The van der Waals surface area contributed by atoms with E-state index in [-0.39, 0.29) is 0 Å². The van der Waals surface area contributed by atoms with Crippen LogP contribution in [0.1, 0.15) is 24.0 Å². The van der Waals surface area contributed by atoms with E-state index in [1.54, 1.807) is 0 Å². The third-order valence-corrected chi connectivity index (χ3v) is 4.29. The second-order valence-corrected chi connectivity index (χ2v) is 5.91. The van der Waals surface area contributed by atoms with E-state index >= 15 is 0 Å². The molecule has 1 saturated heterocycles. The van der Waals surface area contributed by atoms with Gasteiger partial charge in [-0.3, -0.25) is 0 Å². The SMILES string of the molecule is Cc1cccc(CN)c1N(C)CC1CCN(C)CC1. The molecule has 0 spiro atoms. The number of piperidine rings is 1. The van der Waals surface area contributed by atoms with Gasteiger partial charge in [0.1, 0.15) is 0 Å². The molecule has 1 fully saturated rings. The van der Waals surface area contributed by atoms with Crippen molar-refractivity contribution >= 4 is 5.69 Å². The van der Waals surface area contributed by atoms with Gasteiger partial charge in [0.05, 0.1) is 0 Å². The minimum Gasteiger partial charge on any atom is -0.374 e. The Morgan fingerprint density at radius 2 is 2.00 bits per heavy atom. The van der Waals surface area contributed by atoms with Crippen molar-refractivity contribution in [2.24, 2.45) is 11.7 Å². The van der Waals surface area contributed by atoms with Crippen molar-refractivity contribution in [2.45, 2.75) is 26.3 Å². The molecule has 1 aliphatic heterocycles. The lowest BCUT2D eigenvalue weighted by molar-refractivity contribution is 0.222. The zero-order valence-electron chi connectivity index (χ0n) is 12.5. The number of rotatable bonds is 4. The van der Waals surface area contributed by atoms with Gasteiger partial charge in [0.2, 0.25) is 0 Å². The summed E-state index contributed by atoms with van der Waals surface area (Å²) in [7, 11) is 4.42. The average Bonchev–Trinajstić information content (AvgIpc) is 2.40. The van der Waals surface area contributed by atoms with E-state index in [2.05, 4.69) is 49.0 Å². The Kier molecular flexibility index (Phi) is 4.83. The Morgan fingerprint density at radius 1 is 1.32 bits per heavy atom. The summed E-state index contributed by atoms with van der Waals surface area (Å²) >= 11 is 0. The number of nitrogens with two attached hydrogens (primary N) is 1. The Bertz CT molecular complexity index is 408. The highest BCUT2D eigenvalue weighted by Gasteiger charge is 2.19. The molecular formula is C16H27N3. The second kappa shape index (κ2) is 6.40. The Balaban J connectivity index is 2.05. The average molecular weight is 261 g/mol. The van der Waals surface area contributed by atoms with E-state index in [1.165, 1.54) is 42.7 Å². The summed E-state index contributed by atoms with van der Waals surface area (Å²) in [5.41, 5.74) is 9.80. The molecule has 0 saturated carbocycles. The normalized spacial score (nSPS) is 17.7. The fraction of sp³-hybridized carbons (Fsp3) is 0.625. The number of nitrogens with zero attached hydrogens (tertiary/aromatic N) is 2. The maximum Gasteiger partial charge on any atom is 0.0438 e. The first-order valence-electron chi connectivity index (χ1n) is 7.30. The molecular weight excluding hydrogens is 234 g/mol. The van der Waals surface area contributed by atoms with E-state index in [0.717, 1.165) is 12.5 Å². The number of likely N-dealkylation sites (tertiary alicyclic amines) is 1. The van der Waals surface area contributed by atoms with Crippen LogP contribution >= 0.6 is 0 Å². The zero-order valence-corrected chi connectivity index (χ0v) is 12.5. The quantitative estimate of drug-likeness (QED) is 0.902. The van der Waals surface area contributed by atoms with Gasteiger partial charge >= 0.3 is 0 Å². The predicted molar refractivity (Wildman–Crippen MR) is 82.6 cm³/mol. The van der Waals surface area contributed by atoms with Crippen molar-refractivity contribution in [3.05, 3.63) is 29.3 Å². The first kappa shape index (κ1) is 14.4. The minimum absolute atomic E-state index is 0.620. The standard InChI is InChI=1S/C16H27N3/c1-13-5-4-6-15(11-17)16(13)19(3)12-14-7-9-18(2)10-8-14/h4-6,14H,7-12,17H2,1-3H3. The first-order chi connectivity index (χ1) is 9.11. The van der Waals surface area contributed by atoms with Crippen LogP contribution in [0.25, 0.3) is 0 Å². The van der Waals surface area contributed by atoms with Crippen LogP contribution in [0, 0.1) is 12.8 Å². The monoisotopic (exact) mass is 261 g/mol. The van der Waals surface area contributed by atoms with Crippen molar-refractivity contribution in [2.75, 3.05) is 38.6 Å². The van der Waals surface area contributed by atoms with E-state index in [0.29, 0.717) is 6.54 Å². The summed E-state index contributed by atoms with van der Waals surface area (Å²) in [5, 5.41) is 0. The molecule has 0 radical (unpaired) electrons. The van der Waals surface area contributed by atoms with Crippen molar-refractivity contribution < 1.29 is 0 Å². The molecule has 1 aromatic rings. The van der Waals surface area contributed by atoms with E-state index < -0.39 is 0 Å². The van der Waals surface area contributed by atoms with Crippen LogP contribution < -0.4 is 10.6 Å². The summed E-state index contributed by atoms with van der Waals surface area (Å²) < 4.78 is 0. The molecule has 3 nitrogen and oxygen atoms in total. The summed E-state index contributed by atoms with van der Waals surface area (Å²) in [6.07, 6.45) is 2.62. The number of benzene rings is 1. The Morgan fingerprint density at radius 3 is 2.63 bits per heavy atom. The molecule has 0 aliphatic carbocycles. The maximum atomic E-state index is 5.88.